The Morgan fingerprint density at radius 3 is 2.59 bits per heavy atom. The van der Waals surface area contributed by atoms with Crippen molar-refractivity contribution in [3.8, 4) is 0 Å². The molecule has 0 bridgehead atoms. The lowest BCUT2D eigenvalue weighted by molar-refractivity contribution is 0.273. The van der Waals surface area contributed by atoms with Crippen LogP contribution in [0.3, 0.4) is 0 Å². The third kappa shape index (κ3) is 3.53. The largest absolute Gasteiger partial charge is 0.394 e. The number of aliphatic hydroxyl groups is 1. The van der Waals surface area contributed by atoms with Gasteiger partial charge in [-0.05, 0) is 24.1 Å². The van der Waals surface area contributed by atoms with Crippen LogP contribution >= 0.6 is 0 Å². The van der Waals surface area contributed by atoms with Crippen molar-refractivity contribution in [1.82, 2.24) is 10.2 Å². The average molecular weight is 229 g/mol. The van der Waals surface area contributed by atoms with Gasteiger partial charge >= 0.3 is 0 Å². The molecule has 1 aromatic carbocycles. The molecule has 2 aromatic rings. The molecule has 0 aliphatic rings. The fourth-order valence-corrected chi connectivity index (χ4v) is 1.65. The molecular formula is C13H15N3O. The normalized spacial score (nSPS) is 12.1. The number of benzene rings is 1. The minimum atomic E-state index is -0.0471. The molecule has 1 aromatic heterocycles. The number of nitrogens with one attached hydrogen (secondary N) is 1. The van der Waals surface area contributed by atoms with Crippen molar-refractivity contribution >= 4 is 5.82 Å². The van der Waals surface area contributed by atoms with E-state index in [1.165, 1.54) is 5.56 Å². The zero-order valence-electron chi connectivity index (χ0n) is 9.45. The highest BCUT2D eigenvalue weighted by molar-refractivity contribution is 5.33. The first-order valence-corrected chi connectivity index (χ1v) is 5.57. The predicted octanol–water partition coefficient (Wildman–Crippen LogP) is 1.49. The molecule has 1 atom stereocenters. The van der Waals surface area contributed by atoms with Gasteiger partial charge in [0, 0.05) is 6.20 Å². The highest BCUT2D eigenvalue weighted by atomic mass is 16.3. The van der Waals surface area contributed by atoms with E-state index in [-0.39, 0.29) is 12.6 Å². The quantitative estimate of drug-likeness (QED) is 0.815. The van der Waals surface area contributed by atoms with Crippen LogP contribution in [0.1, 0.15) is 5.56 Å². The Kier molecular flexibility index (Phi) is 4.05. The topological polar surface area (TPSA) is 58.0 Å². The van der Waals surface area contributed by atoms with Crippen molar-refractivity contribution in [1.29, 1.82) is 0 Å². The zero-order chi connectivity index (χ0) is 11.9. The molecule has 4 nitrogen and oxygen atoms in total. The fraction of sp³-hybridized carbons (Fsp3) is 0.231. The lowest BCUT2D eigenvalue weighted by Gasteiger charge is -2.16. The van der Waals surface area contributed by atoms with E-state index in [0.29, 0.717) is 5.82 Å². The number of hydrogen-bond acceptors (Lipinski definition) is 4. The third-order valence-electron chi connectivity index (χ3n) is 2.47. The monoisotopic (exact) mass is 229 g/mol. The molecule has 88 valence electrons. The molecule has 2 rings (SSSR count). The molecule has 0 amide bonds. The van der Waals surface area contributed by atoms with E-state index in [4.69, 9.17) is 0 Å². The molecule has 0 saturated heterocycles. The van der Waals surface area contributed by atoms with Crippen molar-refractivity contribution in [2.75, 3.05) is 11.9 Å². The minimum Gasteiger partial charge on any atom is -0.394 e. The van der Waals surface area contributed by atoms with Gasteiger partial charge in [0.05, 0.1) is 12.6 Å². The highest BCUT2D eigenvalue weighted by Gasteiger charge is 2.08. The van der Waals surface area contributed by atoms with Gasteiger partial charge in [0.1, 0.15) is 5.82 Å². The molecule has 0 aliphatic carbocycles. The Labute approximate surface area is 100 Å². The first kappa shape index (κ1) is 11.5. The summed E-state index contributed by atoms with van der Waals surface area (Å²) in [6, 6.07) is 13.6. The van der Waals surface area contributed by atoms with Crippen LogP contribution in [0.4, 0.5) is 5.82 Å². The van der Waals surface area contributed by atoms with Crippen molar-refractivity contribution in [2.24, 2.45) is 0 Å². The van der Waals surface area contributed by atoms with E-state index in [9.17, 15) is 5.11 Å². The van der Waals surface area contributed by atoms with Crippen LogP contribution in [-0.2, 0) is 6.42 Å². The van der Waals surface area contributed by atoms with Gasteiger partial charge < -0.3 is 10.4 Å². The SMILES string of the molecule is OCC(Cc1ccccc1)Nc1cccnn1. The van der Waals surface area contributed by atoms with Crippen molar-refractivity contribution in [3.05, 3.63) is 54.2 Å². The number of aromatic nitrogens is 2. The van der Waals surface area contributed by atoms with Crippen LogP contribution in [0.2, 0.25) is 0 Å². The summed E-state index contributed by atoms with van der Waals surface area (Å²) in [4.78, 5) is 0. The maximum absolute atomic E-state index is 9.34. The molecule has 17 heavy (non-hydrogen) atoms. The van der Waals surface area contributed by atoms with E-state index < -0.39 is 0 Å². The van der Waals surface area contributed by atoms with Crippen molar-refractivity contribution in [3.63, 3.8) is 0 Å². The van der Waals surface area contributed by atoms with E-state index in [1.54, 1.807) is 6.20 Å². The van der Waals surface area contributed by atoms with E-state index >= 15 is 0 Å². The smallest absolute Gasteiger partial charge is 0.148 e. The lowest BCUT2D eigenvalue weighted by atomic mass is 10.1. The summed E-state index contributed by atoms with van der Waals surface area (Å²) < 4.78 is 0. The number of rotatable bonds is 5. The molecule has 1 heterocycles. The molecule has 1 unspecified atom stereocenters. The summed E-state index contributed by atoms with van der Waals surface area (Å²) in [7, 11) is 0. The summed E-state index contributed by atoms with van der Waals surface area (Å²) in [5, 5.41) is 20.2. The van der Waals surface area contributed by atoms with Crippen LogP contribution in [0.25, 0.3) is 0 Å². The second-order valence-electron chi connectivity index (χ2n) is 3.82. The molecule has 0 fully saturated rings. The van der Waals surface area contributed by atoms with E-state index in [0.717, 1.165) is 6.42 Å². The van der Waals surface area contributed by atoms with Gasteiger partial charge in [-0.2, -0.15) is 5.10 Å². The summed E-state index contributed by atoms with van der Waals surface area (Å²) in [6.45, 7) is 0.0610. The standard InChI is InChI=1S/C13H15N3O/c17-10-12(9-11-5-2-1-3-6-11)15-13-7-4-8-14-16-13/h1-8,12,17H,9-10H2,(H,15,16). The van der Waals surface area contributed by atoms with Crippen molar-refractivity contribution < 1.29 is 5.11 Å². The second-order valence-corrected chi connectivity index (χ2v) is 3.82. The van der Waals surface area contributed by atoms with E-state index in [1.807, 2.05) is 42.5 Å². The number of aliphatic hydroxyl groups excluding tert-OH is 1. The fourth-order valence-electron chi connectivity index (χ4n) is 1.65. The Morgan fingerprint density at radius 1 is 1.12 bits per heavy atom. The maximum atomic E-state index is 9.34. The maximum Gasteiger partial charge on any atom is 0.148 e. The summed E-state index contributed by atoms with van der Waals surface area (Å²) in [6.07, 6.45) is 2.38. The summed E-state index contributed by atoms with van der Waals surface area (Å²) in [5.74, 6) is 0.683. The van der Waals surface area contributed by atoms with Gasteiger partial charge in [-0.15, -0.1) is 5.10 Å². The van der Waals surface area contributed by atoms with Crippen LogP contribution in [0, 0.1) is 0 Å². The zero-order valence-corrected chi connectivity index (χ0v) is 9.45. The predicted molar refractivity (Wildman–Crippen MR) is 66.7 cm³/mol. The van der Waals surface area contributed by atoms with Gasteiger partial charge in [0.25, 0.3) is 0 Å². The Bertz CT molecular complexity index is 391. The average Bonchev–Trinajstić information content (AvgIpc) is 2.40. The van der Waals surface area contributed by atoms with Crippen LogP contribution in [-0.4, -0.2) is 28.0 Å². The number of hydrogen-bond donors (Lipinski definition) is 2. The number of anilines is 1. The number of nitrogens with zero attached hydrogens (tertiary/aromatic N) is 2. The molecule has 0 aliphatic heterocycles. The summed E-state index contributed by atoms with van der Waals surface area (Å²) in [5.41, 5.74) is 1.18. The molecule has 2 N–H and O–H groups in total. The molecule has 0 spiro atoms. The van der Waals surface area contributed by atoms with E-state index in [2.05, 4.69) is 15.5 Å². The van der Waals surface area contributed by atoms with Gasteiger partial charge in [0.2, 0.25) is 0 Å². The van der Waals surface area contributed by atoms with Gasteiger partial charge in [-0.25, -0.2) is 0 Å². The minimum absolute atomic E-state index is 0.0471. The van der Waals surface area contributed by atoms with Crippen LogP contribution in [0.15, 0.2) is 48.7 Å². The molecule has 0 radical (unpaired) electrons. The molecule has 0 saturated carbocycles. The molecular weight excluding hydrogens is 214 g/mol. The summed E-state index contributed by atoms with van der Waals surface area (Å²) >= 11 is 0. The van der Waals surface area contributed by atoms with Crippen LogP contribution < -0.4 is 5.32 Å². The lowest BCUT2D eigenvalue weighted by Crippen LogP contribution is -2.26. The Balaban J connectivity index is 1.98. The van der Waals surface area contributed by atoms with Gasteiger partial charge in [0.15, 0.2) is 0 Å². The third-order valence-corrected chi connectivity index (χ3v) is 2.47. The Morgan fingerprint density at radius 2 is 1.94 bits per heavy atom. The van der Waals surface area contributed by atoms with Crippen LogP contribution in [0.5, 0.6) is 0 Å². The molecule has 4 heteroatoms. The first-order valence-electron chi connectivity index (χ1n) is 5.57. The Hall–Kier alpha value is -1.94. The van der Waals surface area contributed by atoms with Crippen molar-refractivity contribution in [2.45, 2.75) is 12.5 Å². The van der Waals surface area contributed by atoms with Gasteiger partial charge in [-0.1, -0.05) is 30.3 Å². The van der Waals surface area contributed by atoms with Gasteiger partial charge in [-0.3, -0.25) is 0 Å². The first-order chi connectivity index (χ1) is 8.38. The highest BCUT2D eigenvalue weighted by Crippen LogP contribution is 2.07. The second kappa shape index (κ2) is 5.96.